The van der Waals surface area contributed by atoms with Crippen molar-refractivity contribution in [3.8, 4) is 5.75 Å². The molecule has 3 fully saturated rings. The van der Waals surface area contributed by atoms with Gasteiger partial charge in [0.05, 0.1) is 6.04 Å². The molecule has 1 saturated carbocycles. The second kappa shape index (κ2) is 7.56. The lowest BCUT2D eigenvalue weighted by Gasteiger charge is -2.31. The summed E-state index contributed by atoms with van der Waals surface area (Å²) in [6.07, 6.45) is 4.46. The van der Waals surface area contributed by atoms with Gasteiger partial charge >= 0.3 is 0 Å². The monoisotopic (exact) mass is 420 g/mol. The number of sulfonamides is 1. The van der Waals surface area contributed by atoms with E-state index in [9.17, 15) is 13.2 Å². The van der Waals surface area contributed by atoms with Crippen molar-refractivity contribution >= 4 is 15.9 Å². The third-order valence-electron chi connectivity index (χ3n) is 6.54. The standard InChI is InChI=1S/C21H28N2O5S/c24-21(19-5-3-13-27-19)22-11-9-16-17(10-12-22)28-18-4-1-2-6-20(18)29(25,26)23(16)14-15-7-8-15/h1-2,4,6,15-17,19H,3,5,7-14H2/t16-,17-,19+/m1/s1. The molecule has 1 amide bonds. The first-order chi connectivity index (χ1) is 14.0. The number of ether oxygens (including phenoxy) is 2. The summed E-state index contributed by atoms with van der Waals surface area (Å²) >= 11 is 0. The van der Waals surface area contributed by atoms with Crippen LogP contribution in [0.25, 0.3) is 0 Å². The molecule has 0 bridgehead atoms. The lowest BCUT2D eigenvalue weighted by Crippen LogP contribution is -2.48. The van der Waals surface area contributed by atoms with Crippen LogP contribution in [0, 0.1) is 5.92 Å². The van der Waals surface area contributed by atoms with E-state index in [2.05, 4.69) is 0 Å². The molecule has 0 unspecified atom stereocenters. The van der Waals surface area contributed by atoms with Gasteiger partial charge in [0.2, 0.25) is 10.0 Å². The summed E-state index contributed by atoms with van der Waals surface area (Å²) in [5.74, 6) is 0.902. The van der Waals surface area contributed by atoms with Crippen LogP contribution in [0.5, 0.6) is 5.75 Å². The molecule has 1 aromatic rings. The maximum absolute atomic E-state index is 13.5. The fourth-order valence-corrected chi connectivity index (χ4v) is 6.62. The lowest BCUT2D eigenvalue weighted by molar-refractivity contribution is -0.140. The van der Waals surface area contributed by atoms with Crippen LogP contribution in [0.1, 0.15) is 38.5 Å². The molecule has 0 radical (unpaired) electrons. The summed E-state index contributed by atoms with van der Waals surface area (Å²) in [4.78, 5) is 15.0. The van der Waals surface area contributed by atoms with E-state index in [-0.39, 0.29) is 29.1 Å². The van der Waals surface area contributed by atoms with Gasteiger partial charge in [-0.3, -0.25) is 4.79 Å². The minimum atomic E-state index is -3.63. The van der Waals surface area contributed by atoms with E-state index < -0.39 is 10.0 Å². The summed E-state index contributed by atoms with van der Waals surface area (Å²) in [6.45, 7) is 2.29. The molecule has 158 valence electrons. The zero-order valence-electron chi connectivity index (χ0n) is 16.5. The van der Waals surface area contributed by atoms with E-state index in [4.69, 9.17) is 9.47 Å². The number of benzene rings is 1. The number of hydrogen-bond acceptors (Lipinski definition) is 5. The van der Waals surface area contributed by atoms with Crippen molar-refractivity contribution in [1.29, 1.82) is 0 Å². The van der Waals surface area contributed by atoms with Gasteiger partial charge in [0.1, 0.15) is 22.9 Å². The van der Waals surface area contributed by atoms with Gasteiger partial charge in [0.25, 0.3) is 5.91 Å². The molecular formula is C21H28N2O5S. The molecule has 3 heterocycles. The van der Waals surface area contributed by atoms with Gasteiger partial charge in [-0.2, -0.15) is 4.31 Å². The molecule has 3 atom stereocenters. The second-order valence-electron chi connectivity index (χ2n) is 8.59. The third-order valence-corrected chi connectivity index (χ3v) is 8.47. The average molecular weight is 421 g/mol. The van der Waals surface area contributed by atoms with Gasteiger partial charge in [-0.05, 0) is 50.2 Å². The quantitative estimate of drug-likeness (QED) is 0.748. The first-order valence-corrected chi connectivity index (χ1v) is 12.2. The Morgan fingerprint density at radius 2 is 1.86 bits per heavy atom. The van der Waals surface area contributed by atoms with E-state index >= 15 is 0 Å². The van der Waals surface area contributed by atoms with Crippen molar-refractivity contribution in [2.45, 2.75) is 61.7 Å². The number of fused-ring (bicyclic) bond motifs is 2. The van der Waals surface area contributed by atoms with E-state index in [1.807, 2.05) is 11.0 Å². The van der Waals surface area contributed by atoms with Crippen LogP contribution in [0.15, 0.2) is 29.2 Å². The van der Waals surface area contributed by atoms with Gasteiger partial charge < -0.3 is 14.4 Å². The van der Waals surface area contributed by atoms with E-state index in [0.717, 1.165) is 25.7 Å². The van der Waals surface area contributed by atoms with Crippen LogP contribution >= 0.6 is 0 Å². The van der Waals surface area contributed by atoms with Crippen molar-refractivity contribution in [2.24, 2.45) is 5.92 Å². The van der Waals surface area contributed by atoms with Crippen LogP contribution < -0.4 is 4.74 Å². The number of para-hydroxylation sites is 1. The molecule has 3 aliphatic heterocycles. The SMILES string of the molecule is O=C([C@@H]1CCCO1)N1CC[C@@H]2[C@@H](CC1)Oc1ccccc1S(=O)(=O)N2CC1CC1. The van der Waals surface area contributed by atoms with Gasteiger partial charge in [0, 0.05) is 32.7 Å². The van der Waals surface area contributed by atoms with Gasteiger partial charge in [-0.15, -0.1) is 0 Å². The van der Waals surface area contributed by atoms with Crippen molar-refractivity contribution in [2.75, 3.05) is 26.2 Å². The Kier molecular flexibility index (Phi) is 5.04. The van der Waals surface area contributed by atoms with Gasteiger partial charge in [0.15, 0.2) is 0 Å². The Bertz CT molecular complexity index is 879. The van der Waals surface area contributed by atoms with Crippen molar-refractivity contribution in [3.63, 3.8) is 0 Å². The normalized spacial score (nSPS) is 31.9. The van der Waals surface area contributed by atoms with Crippen molar-refractivity contribution in [1.82, 2.24) is 9.21 Å². The highest BCUT2D eigenvalue weighted by molar-refractivity contribution is 7.89. The number of likely N-dealkylation sites (tertiary alicyclic amines) is 1. The van der Waals surface area contributed by atoms with Gasteiger partial charge in [-0.25, -0.2) is 8.42 Å². The Morgan fingerprint density at radius 1 is 1.07 bits per heavy atom. The van der Waals surface area contributed by atoms with E-state index in [1.165, 1.54) is 0 Å². The smallest absolute Gasteiger partial charge is 0.251 e. The van der Waals surface area contributed by atoms with Crippen LogP contribution in [0.4, 0.5) is 0 Å². The highest BCUT2D eigenvalue weighted by Gasteiger charge is 2.45. The van der Waals surface area contributed by atoms with Crippen LogP contribution in [-0.2, 0) is 19.6 Å². The maximum atomic E-state index is 13.5. The van der Waals surface area contributed by atoms with E-state index in [0.29, 0.717) is 50.8 Å². The number of rotatable bonds is 3. The number of nitrogens with zero attached hydrogens (tertiary/aromatic N) is 2. The molecule has 4 aliphatic rings. The first kappa shape index (κ1) is 19.3. The third kappa shape index (κ3) is 3.66. The minimum Gasteiger partial charge on any atom is -0.487 e. The Morgan fingerprint density at radius 3 is 2.62 bits per heavy atom. The molecule has 0 aromatic heterocycles. The van der Waals surface area contributed by atoms with Crippen molar-refractivity contribution < 1.29 is 22.7 Å². The molecule has 29 heavy (non-hydrogen) atoms. The predicted molar refractivity (Wildman–Crippen MR) is 106 cm³/mol. The molecule has 8 heteroatoms. The van der Waals surface area contributed by atoms with E-state index in [1.54, 1.807) is 22.5 Å². The molecule has 1 aromatic carbocycles. The predicted octanol–water partition coefficient (Wildman–Crippen LogP) is 2.02. The van der Waals surface area contributed by atoms with Crippen LogP contribution in [-0.4, -0.2) is 68.0 Å². The minimum absolute atomic E-state index is 0.0379. The topological polar surface area (TPSA) is 76.1 Å². The highest BCUT2D eigenvalue weighted by atomic mass is 32.2. The summed E-state index contributed by atoms with van der Waals surface area (Å²) in [7, 11) is -3.63. The van der Waals surface area contributed by atoms with Crippen LogP contribution in [0.2, 0.25) is 0 Å². The fraction of sp³-hybridized carbons (Fsp3) is 0.667. The Hall–Kier alpha value is -1.64. The largest absolute Gasteiger partial charge is 0.487 e. The summed E-state index contributed by atoms with van der Waals surface area (Å²) in [5, 5.41) is 0. The summed E-state index contributed by atoms with van der Waals surface area (Å²) in [5.41, 5.74) is 0. The molecule has 0 N–H and O–H groups in total. The second-order valence-corrected chi connectivity index (χ2v) is 10.5. The van der Waals surface area contributed by atoms with Gasteiger partial charge in [-0.1, -0.05) is 12.1 Å². The van der Waals surface area contributed by atoms with Crippen molar-refractivity contribution in [3.05, 3.63) is 24.3 Å². The number of amides is 1. The average Bonchev–Trinajstić information content (AvgIpc) is 3.43. The highest BCUT2D eigenvalue weighted by Crippen LogP contribution is 2.40. The summed E-state index contributed by atoms with van der Waals surface area (Å²) < 4.78 is 40.6. The Labute approximate surface area is 172 Å². The molecule has 0 spiro atoms. The molecular weight excluding hydrogens is 392 g/mol. The lowest BCUT2D eigenvalue weighted by atomic mass is 10.1. The zero-order chi connectivity index (χ0) is 20.0. The molecule has 1 aliphatic carbocycles. The summed E-state index contributed by atoms with van der Waals surface area (Å²) in [6, 6.07) is 6.69. The fourth-order valence-electron chi connectivity index (χ4n) is 4.74. The number of carbonyl (C=O) groups excluding carboxylic acids is 1. The number of carbonyl (C=O) groups is 1. The van der Waals surface area contributed by atoms with Crippen LogP contribution in [0.3, 0.4) is 0 Å². The first-order valence-electron chi connectivity index (χ1n) is 10.7. The zero-order valence-corrected chi connectivity index (χ0v) is 17.4. The number of hydrogen-bond donors (Lipinski definition) is 0. The molecule has 5 rings (SSSR count). The Balaban J connectivity index is 1.44. The maximum Gasteiger partial charge on any atom is 0.251 e. The molecule has 2 saturated heterocycles. The molecule has 7 nitrogen and oxygen atoms in total.